The summed E-state index contributed by atoms with van der Waals surface area (Å²) in [6.07, 6.45) is 1.64. The van der Waals surface area contributed by atoms with E-state index in [4.69, 9.17) is 9.47 Å². The van der Waals surface area contributed by atoms with Crippen LogP contribution in [0.1, 0.15) is 5.56 Å². The summed E-state index contributed by atoms with van der Waals surface area (Å²) in [5.41, 5.74) is 3.02. The molecule has 0 aliphatic rings. The highest BCUT2D eigenvalue weighted by atomic mass is 16.5. The summed E-state index contributed by atoms with van der Waals surface area (Å²) in [6, 6.07) is 19.1. The maximum absolute atomic E-state index is 5.83. The lowest BCUT2D eigenvalue weighted by Crippen LogP contribution is -1.92. The van der Waals surface area contributed by atoms with Crippen molar-refractivity contribution in [1.82, 2.24) is 20.2 Å². The molecule has 28 heavy (non-hydrogen) atoms. The van der Waals surface area contributed by atoms with Crippen LogP contribution in [0.2, 0.25) is 0 Å². The Morgan fingerprint density at radius 1 is 0.964 bits per heavy atom. The molecule has 4 rings (SSSR count). The lowest BCUT2D eigenvalue weighted by Gasteiger charge is -2.07. The van der Waals surface area contributed by atoms with E-state index >= 15 is 0 Å². The average Bonchev–Trinajstić information content (AvgIpc) is 3.17. The number of H-pyrrole nitrogens is 1. The molecule has 7 nitrogen and oxygen atoms in total. The normalized spacial score (nSPS) is 10.5. The number of rotatable bonds is 6. The first-order valence-corrected chi connectivity index (χ1v) is 8.74. The monoisotopic (exact) mass is 373 g/mol. The molecule has 2 heterocycles. The topological polar surface area (TPSA) is 85.0 Å². The van der Waals surface area contributed by atoms with Crippen molar-refractivity contribution in [1.29, 1.82) is 0 Å². The van der Waals surface area contributed by atoms with E-state index in [1.54, 1.807) is 25.4 Å². The number of benzene rings is 2. The number of hydrogen-bond acceptors (Lipinski definition) is 6. The third-order valence-corrected chi connectivity index (χ3v) is 4.04. The van der Waals surface area contributed by atoms with Crippen molar-refractivity contribution < 1.29 is 9.47 Å². The molecule has 0 unspecified atom stereocenters. The summed E-state index contributed by atoms with van der Waals surface area (Å²) in [5, 5.41) is 10.4. The third kappa shape index (κ3) is 4.09. The van der Waals surface area contributed by atoms with E-state index in [2.05, 4.69) is 25.5 Å². The first-order chi connectivity index (χ1) is 13.7. The van der Waals surface area contributed by atoms with Crippen LogP contribution >= 0.6 is 0 Å². The van der Waals surface area contributed by atoms with E-state index in [9.17, 15) is 0 Å². The van der Waals surface area contributed by atoms with E-state index in [1.807, 2.05) is 55.5 Å². The first kappa shape index (κ1) is 17.5. The van der Waals surface area contributed by atoms with Gasteiger partial charge in [0.05, 0.1) is 7.11 Å². The van der Waals surface area contributed by atoms with Gasteiger partial charge in [-0.05, 0) is 55.0 Å². The van der Waals surface area contributed by atoms with Crippen LogP contribution in [0.5, 0.6) is 17.4 Å². The second kappa shape index (κ2) is 7.79. The molecule has 0 aliphatic heterocycles. The van der Waals surface area contributed by atoms with E-state index in [0.29, 0.717) is 29.2 Å². The number of aromatic amines is 1. The number of methoxy groups -OCH3 is 1. The van der Waals surface area contributed by atoms with Gasteiger partial charge in [0.25, 0.3) is 0 Å². The number of ether oxygens (including phenoxy) is 2. The van der Waals surface area contributed by atoms with Crippen molar-refractivity contribution in [3.05, 3.63) is 72.4 Å². The predicted molar refractivity (Wildman–Crippen MR) is 107 cm³/mol. The van der Waals surface area contributed by atoms with Gasteiger partial charge in [0.1, 0.15) is 11.5 Å². The number of aryl methyl sites for hydroxylation is 1. The molecule has 140 valence electrons. The number of aromatic nitrogens is 4. The smallest absolute Gasteiger partial charge is 0.246 e. The molecule has 2 aromatic heterocycles. The molecule has 2 aromatic carbocycles. The van der Waals surface area contributed by atoms with Crippen LogP contribution in [-0.2, 0) is 0 Å². The van der Waals surface area contributed by atoms with Gasteiger partial charge in [0.15, 0.2) is 5.82 Å². The minimum Gasteiger partial charge on any atom is -0.481 e. The Balaban J connectivity index is 1.46. The molecular formula is C21H19N5O2. The molecule has 0 aliphatic carbocycles. The van der Waals surface area contributed by atoms with Gasteiger partial charge >= 0.3 is 0 Å². The van der Waals surface area contributed by atoms with E-state index in [0.717, 1.165) is 11.3 Å². The fraction of sp³-hybridized carbons (Fsp3) is 0.0952. The van der Waals surface area contributed by atoms with Gasteiger partial charge in [-0.2, -0.15) is 4.98 Å². The third-order valence-electron chi connectivity index (χ3n) is 4.04. The highest BCUT2D eigenvalue weighted by Gasteiger charge is 2.07. The summed E-state index contributed by atoms with van der Waals surface area (Å²) >= 11 is 0. The molecule has 0 amide bonds. The van der Waals surface area contributed by atoms with Crippen LogP contribution in [0.3, 0.4) is 0 Å². The Kier molecular flexibility index (Phi) is 4.88. The Hall–Kier alpha value is -3.87. The van der Waals surface area contributed by atoms with E-state index in [-0.39, 0.29) is 0 Å². The van der Waals surface area contributed by atoms with Crippen molar-refractivity contribution >= 4 is 11.6 Å². The van der Waals surface area contributed by atoms with Crippen molar-refractivity contribution in [3.8, 4) is 28.8 Å². The van der Waals surface area contributed by atoms with Gasteiger partial charge in [-0.25, -0.2) is 4.98 Å². The van der Waals surface area contributed by atoms with Crippen LogP contribution in [0.25, 0.3) is 11.4 Å². The lowest BCUT2D eigenvalue weighted by molar-refractivity contribution is 0.392. The molecule has 0 bridgehead atoms. The molecule has 0 saturated carbocycles. The minimum atomic E-state index is 0.504. The standard InChI is InChI=1S/C21H19N5O2/c1-14-4-3-5-16(12-14)23-21-24-20(25-26-21)15-6-8-17(9-7-15)28-18-10-11-22-19(13-18)27-2/h3-13H,1-2H3,(H2,23,24,25,26). The van der Waals surface area contributed by atoms with Gasteiger partial charge in [-0.3, -0.25) is 5.10 Å². The summed E-state index contributed by atoms with van der Waals surface area (Å²) < 4.78 is 10.9. The predicted octanol–water partition coefficient (Wildman–Crippen LogP) is 4.72. The summed E-state index contributed by atoms with van der Waals surface area (Å²) in [6.45, 7) is 2.04. The molecule has 0 spiro atoms. The quantitative estimate of drug-likeness (QED) is 0.509. The van der Waals surface area contributed by atoms with Gasteiger partial charge in [0.2, 0.25) is 11.8 Å². The zero-order valence-electron chi connectivity index (χ0n) is 15.5. The van der Waals surface area contributed by atoms with Gasteiger partial charge in [-0.1, -0.05) is 12.1 Å². The number of hydrogen-bond donors (Lipinski definition) is 2. The van der Waals surface area contributed by atoms with Crippen LogP contribution in [0, 0.1) is 6.92 Å². The Labute approximate surface area is 162 Å². The molecule has 7 heteroatoms. The van der Waals surface area contributed by atoms with Gasteiger partial charge < -0.3 is 14.8 Å². The summed E-state index contributed by atoms with van der Waals surface area (Å²) in [4.78, 5) is 8.56. The van der Waals surface area contributed by atoms with Crippen LogP contribution in [-0.4, -0.2) is 27.3 Å². The maximum atomic E-state index is 5.83. The number of nitrogens with zero attached hydrogens (tertiary/aromatic N) is 3. The fourth-order valence-electron chi connectivity index (χ4n) is 2.68. The Bertz CT molecular complexity index is 1080. The SMILES string of the molecule is COc1cc(Oc2ccc(-c3nc(Nc4cccc(C)c4)n[nH]3)cc2)ccn1. The van der Waals surface area contributed by atoms with Crippen molar-refractivity contribution in [2.24, 2.45) is 0 Å². The zero-order valence-corrected chi connectivity index (χ0v) is 15.5. The van der Waals surface area contributed by atoms with Crippen molar-refractivity contribution in [2.75, 3.05) is 12.4 Å². The Morgan fingerprint density at radius 3 is 2.61 bits per heavy atom. The molecule has 0 atom stereocenters. The molecule has 4 aromatic rings. The highest BCUT2D eigenvalue weighted by Crippen LogP contribution is 2.26. The highest BCUT2D eigenvalue weighted by molar-refractivity contribution is 5.60. The summed E-state index contributed by atoms with van der Waals surface area (Å²) in [7, 11) is 1.57. The van der Waals surface area contributed by atoms with Crippen LogP contribution in [0.15, 0.2) is 66.9 Å². The van der Waals surface area contributed by atoms with Crippen molar-refractivity contribution in [3.63, 3.8) is 0 Å². The van der Waals surface area contributed by atoms with E-state index in [1.165, 1.54) is 5.56 Å². The summed E-state index contributed by atoms with van der Waals surface area (Å²) in [5.74, 6) is 3.06. The lowest BCUT2D eigenvalue weighted by atomic mass is 10.2. The molecule has 0 radical (unpaired) electrons. The zero-order chi connectivity index (χ0) is 19.3. The molecule has 0 saturated heterocycles. The Morgan fingerprint density at radius 2 is 1.82 bits per heavy atom. The number of nitrogens with one attached hydrogen (secondary N) is 2. The first-order valence-electron chi connectivity index (χ1n) is 8.74. The van der Waals surface area contributed by atoms with Crippen LogP contribution < -0.4 is 14.8 Å². The molecular weight excluding hydrogens is 354 g/mol. The van der Waals surface area contributed by atoms with Crippen molar-refractivity contribution in [2.45, 2.75) is 6.92 Å². The molecule has 0 fully saturated rings. The average molecular weight is 373 g/mol. The number of pyridine rings is 1. The van der Waals surface area contributed by atoms with Crippen LogP contribution in [0.4, 0.5) is 11.6 Å². The van der Waals surface area contributed by atoms with Gasteiger partial charge in [-0.15, -0.1) is 5.10 Å². The van der Waals surface area contributed by atoms with Gasteiger partial charge in [0, 0.05) is 23.5 Å². The number of anilines is 2. The van der Waals surface area contributed by atoms with E-state index < -0.39 is 0 Å². The second-order valence-electron chi connectivity index (χ2n) is 6.16. The maximum Gasteiger partial charge on any atom is 0.246 e. The largest absolute Gasteiger partial charge is 0.481 e. The fourth-order valence-corrected chi connectivity index (χ4v) is 2.68. The molecule has 2 N–H and O–H groups in total. The minimum absolute atomic E-state index is 0.504. The second-order valence-corrected chi connectivity index (χ2v) is 6.16.